The van der Waals surface area contributed by atoms with Crippen LogP contribution in [0.15, 0.2) is 12.1 Å². The van der Waals surface area contributed by atoms with Crippen molar-refractivity contribution in [3.05, 3.63) is 28.8 Å². The first-order chi connectivity index (χ1) is 9.65. The average Bonchev–Trinajstić information content (AvgIpc) is 2.46. The second kappa shape index (κ2) is 9.02. The van der Waals surface area contributed by atoms with Crippen LogP contribution in [0.1, 0.15) is 68.2 Å². The molecule has 1 N–H and O–H groups in total. The molecule has 0 saturated carbocycles. The lowest BCUT2D eigenvalue weighted by Gasteiger charge is -2.21. The highest BCUT2D eigenvalue weighted by Crippen LogP contribution is 2.33. The molecule has 1 rings (SSSR count). The van der Waals surface area contributed by atoms with Crippen molar-refractivity contribution in [1.82, 2.24) is 5.32 Å². The van der Waals surface area contributed by atoms with Crippen molar-refractivity contribution in [2.75, 3.05) is 14.2 Å². The van der Waals surface area contributed by atoms with E-state index in [0.29, 0.717) is 6.04 Å². The minimum absolute atomic E-state index is 0.394. The van der Waals surface area contributed by atoms with Gasteiger partial charge in [0.15, 0.2) is 0 Å². The number of ether oxygens (including phenoxy) is 1. The molecule has 0 aromatic heterocycles. The van der Waals surface area contributed by atoms with Crippen LogP contribution in [0, 0.1) is 13.8 Å². The molecular weight excluding hydrogens is 246 g/mol. The minimum atomic E-state index is 0.394. The summed E-state index contributed by atoms with van der Waals surface area (Å²) in [5, 5.41) is 3.45. The van der Waals surface area contributed by atoms with Crippen LogP contribution in [0.3, 0.4) is 0 Å². The third-order valence-corrected chi connectivity index (χ3v) is 4.23. The number of aryl methyl sites for hydroxylation is 1. The van der Waals surface area contributed by atoms with Gasteiger partial charge in [0.1, 0.15) is 5.75 Å². The Morgan fingerprint density at radius 1 is 1.10 bits per heavy atom. The first kappa shape index (κ1) is 17.0. The second-order valence-electron chi connectivity index (χ2n) is 5.67. The van der Waals surface area contributed by atoms with Gasteiger partial charge in [-0.25, -0.2) is 0 Å². The average molecular weight is 277 g/mol. The molecule has 20 heavy (non-hydrogen) atoms. The number of nitrogens with one attached hydrogen (secondary N) is 1. The van der Waals surface area contributed by atoms with Crippen molar-refractivity contribution in [2.45, 2.75) is 65.3 Å². The van der Waals surface area contributed by atoms with E-state index in [-0.39, 0.29) is 0 Å². The Morgan fingerprint density at radius 2 is 1.80 bits per heavy atom. The molecule has 0 aliphatic carbocycles. The third kappa shape index (κ3) is 4.52. The number of methoxy groups -OCH3 is 1. The van der Waals surface area contributed by atoms with Gasteiger partial charge < -0.3 is 10.1 Å². The largest absolute Gasteiger partial charge is 0.496 e. The molecule has 0 aliphatic heterocycles. The molecule has 0 aliphatic rings. The molecule has 2 heteroatoms. The van der Waals surface area contributed by atoms with Crippen molar-refractivity contribution in [1.29, 1.82) is 0 Å². The van der Waals surface area contributed by atoms with Crippen LogP contribution in [0.4, 0.5) is 0 Å². The van der Waals surface area contributed by atoms with Crippen molar-refractivity contribution in [3.63, 3.8) is 0 Å². The standard InChI is InChI=1S/C18H31NO/c1-6-7-8-9-10-11-17(19-4)16-13-12-14(2)15(3)18(16)20-5/h12-13,17,19H,6-11H2,1-5H3. The maximum Gasteiger partial charge on any atom is 0.126 e. The lowest BCUT2D eigenvalue weighted by Crippen LogP contribution is -2.17. The van der Waals surface area contributed by atoms with Gasteiger partial charge >= 0.3 is 0 Å². The number of unbranched alkanes of at least 4 members (excludes halogenated alkanes) is 4. The van der Waals surface area contributed by atoms with Crippen LogP contribution in [0.25, 0.3) is 0 Å². The highest BCUT2D eigenvalue weighted by molar-refractivity contribution is 5.46. The van der Waals surface area contributed by atoms with Crippen LogP contribution in [-0.4, -0.2) is 14.2 Å². The molecule has 2 nitrogen and oxygen atoms in total. The lowest BCUT2D eigenvalue weighted by molar-refractivity contribution is 0.393. The Balaban J connectivity index is 2.72. The molecule has 0 fully saturated rings. The Morgan fingerprint density at radius 3 is 2.40 bits per heavy atom. The van der Waals surface area contributed by atoms with Gasteiger partial charge in [-0.05, 0) is 38.4 Å². The second-order valence-corrected chi connectivity index (χ2v) is 5.67. The zero-order chi connectivity index (χ0) is 15.0. The Kier molecular flexibility index (Phi) is 7.68. The van der Waals surface area contributed by atoms with Crippen LogP contribution < -0.4 is 10.1 Å². The van der Waals surface area contributed by atoms with Crippen LogP contribution >= 0.6 is 0 Å². The predicted octanol–water partition coefficient (Wildman–Crippen LogP) is 4.93. The van der Waals surface area contributed by atoms with E-state index in [9.17, 15) is 0 Å². The Hall–Kier alpha value is -1.02. The number of hydrogen-bond acceptors (Lipinski definition) is 2. The molecule has 0 heterocycles. The molecule has 1 unspecified atom stereocenters. The van der Waals surface area contributed by atoms with Gasteiger partial charge in [0.25, 0.3) is 0 Å². The van der Waals surface area contributed by atoms with Gasteiger partial charge in [0, 0.05) is 11.6 Å². The normalized spacial score (nSPS) is 12.4. The molecule has 114 valence electrons. The van der Waals surface area contributed by atoms with Gasteiger partial charge in [0.05, 0.1) is 7.11 Å². The molecule has 0 bridgehead atoms. The molecule has 0 saturated heterocycles. The molecule has 0 amide bonds. The molecule has 1 aromatic carbocycles. The Labute approximate surface area is 124 Å². The van der Waals surface area contributed by atoms with Crippen LogP contribution in [0.2, 0.25) is 0 Å². The fourth-order valence-electron chi connectivity index (χ4n) is 2.76. The molecule has 1 aromatic rings. The van der Waals surface area contributed by atoms with Crippen molar-refractivity contribution >= 4 is 0 Å². The fraction of sp³-hybridized carbons (Fsp3) is 0.667. The monoisotopic (exact) mass is 277 g/mol. The van der Waals surface area contributed by atoms with Crippen molar-refractivity contribution < 1.29 is 4.74 Å². The molecular formula is C18H31NO. The number of benzene rings is 1. The van der Waals surface area contributed by atoms with Gasteiger partial charge in [-0.15, -0.1) is 0 Å². The van der Waals surface area contributed by atoms with E-state index in [4.69, 9.17) is 4.74 Å². The fourth-order valence-corrected chi connectivity index (χ4v) is 2.76. The van der Waals surface area contributed by atoms with Crippen molar-refractivity contribution in [2.24, 2.45) is 0 Å². The maximum absolute atomic E-state index is 5.64. The summed E-state index contributed by atoms with van der Waals surface area (Å²) >= 11 is 0. The van der Waals surface area contributed by atoms with E-state index < -0.39 is 0 Å². The number of hydrogen-bond donors (Lipinski definition) is 1. The molecule has 1 atom stereocenters. The Bertz CT molecular complexity index is 401. The quantitative estimate of drug-likeness (QED) is 0.646. The van der Waals surface area contributed by atoms with E-state index in [1.54, 1.807) is 7.11 Å². The smallest absolute Gasteiger partial charge is 0.126 e. The highest BCUT2D eigenvalue weighted by atomic mass is 16.5. The summed E-state index contributed by atoms with van der Waals surface area (Å²) < 4.78 is 5.64. The lowest BCUT2D eigenvalue weighted by atomic mass is 9.95. The van der Waals surface area contributed by atoms with Crippen molar-refractivity contribution in [3.8, 4) is 5.75 Å². The summed E-state index contributed by atoms with van der Waals surface area (Å²) in [5.41, 5.74) is 3.85. The SMILES string of the molecule is CCCCCCCC(NC)c1ccc(C)c(C)c1OC. The van der Waals surface area contributed by atoms with E-state index in [2.05, 4.69) is 38.2 Å². The first-order valence-corrected chi connectivity index (χ1v) is 7.97. The first-order valence-electron chi connectivity index (χ1n) is 7.97. The van der Waals surface area contributed by atoms with Gasteiger partial charge in [-0.2, -0.15) is 0 Å². The summed E-state index contributed by atoms with van der Waals surface area (Å²) in [6.45, 7) is 6.54. The van der Waals surface area contributed by atoms with E-state index >= 15 is 0 Å². The minimum Gasteiger partial charge on any atom is -0.496 e. The van der Waals surface area contributed by atoms with E-state index in [1.807, 2.05) is 7.05 Å². The van der Waals surface area contributed by atoms with E-state index in [1.165, 1.54) is 55.2 Å². The summed E-state index contributed by atoms with van der Waals surface area (Å²) in [4.78, 5) is 0. The van der Waals surface area contributed by atoms with Gasteiger partial charge in [-0.1, -0.05) is 51.2 Å². The summed E-state index contributed by atoms with van der Waals surface area (Å²) in [7, 11) is 3.82. The molecule has 0 spiro atoms. The highest BCUT2D eigenvalue weighted by Gasteiger charge is 2.16. The maximum atomic E-state index is 5.64. The van der Waals surface area contributed by atoms with Gasteiger partial charge in [-0.3, -0.25) is 0 Å². The molecule has 0 radical (unpaired) electrons. The summed E-state index contributed by atoms with van der Waals surface area (Å²) in [5.74, 6) is 1.05. The topological polar surface area (TPSA) is 21.3 Å². The zero-order valence-electron chi connectivity index (χ0n) is 13.9. The predicted molar refractivity (Wildman–Crippen MR) is 87.6 cm³/mol. The summed E-state index contributed by atoms with van der Waals surface area (Å²) in [6, 6.07) is 4.81. The van der Waals surface area contributed by atoms with E-state index in [0.717, 1.165) is 5.75 Å². The van der Waals surface area contributed by atoms with Crippen LogP contribution in [-0.2, 0) is 0 Å². The van der Waals surface area contributed by atoms with Crippen LogP contribution in [0.5, 0.6) is 5.75 Å². The number of rotatable bonds is 9. The zero-order valence-corrected chi connectivity index (χ0v) is 13.9. The summed E-state index contributed by atoms with van der Waals surface area (Å²) in [6.07, 6.45) is 7.81. The van der Waals surface area contributed by atoms with Gasteiger partial charge in [0.2, 0.25) is 0 Å². The third-order valence-electron chi connectivity index (χ3n) is 4.23.